The summed E-state index contributed by atoms with van der Waals surface area (Å²) in [5.74, 6) is -2.08. The number of carbonyl (C=O) groups excluding carboxylic acids is 2. The van der Waals surface area contributed by atoms with E-state index in [1.54, 1.807) is 43.3 Å². The largest absolute Gasteiger partial charge is 0.374 e. The van der Waals surface area contributed by atoms with Gasteiger partial charge in [-0.1, -0.05) is 24.3 Å². The summed E-state index contributed by atoms with van der Waals surface area (Å²) in [4.78, 5) is 24.4. The van der Waals surface area contributed by atoms with Gasteiger partial charge in [-0.25, -0.2) is 13.6 Å². The third kappa shape index (κ3) is 5.78. The molecule has 154 valence electrons. The highest BCUT2D eigenvalue weighted by atomic mass is 19.1. The summed E-state index contributed by atoms with van der Waals surface area (Å²) in [6.07, 6.45) is 0. The van der Waals surface area contributed by atoms with Gasteiger partial charge in [-0.05, 0) is 49.4 Å². The van der Waals surface area contributed by atoms with Crippen LogP contribution in [-0.2, 0) is 4.79 Å². The molecule has 1 atom stereocenters. The summed E-state index contributed by atoms with van der Waals surface area (Å²) < 4.78 is 26.7. The summed E-state index contributed by atoms with van der Waals surface area (Å²) in [5.41, 5.74) is 1.64. The molecule has 0 saturated carbocycles. The first-order chi connectivity index (χ1) is 14.4. The molecule has 0 aliphatic carbocycles. The molecule has 6 nitrogen and oxygen atoms in total. The first-order valence-electron chi connectivity index (χ1n) is 9.16. The molecule has 4 N–H and O–H groups in total. The van der Waals surface area contributed by atoms with Gasteiger partial charge in [0.15, 0.2) is 0 Å². The molecule has 3 rings (SSSR count). The average Bonchev–Trinajstić information content (AvgIpc) is 2.71. The van der Waals surface area contributed by atoms with Gasteiger partial charge in [0.25, 0.3) is 0 Å². The summed E-state index contributed by atoms with van der Waals surface area (Å²) in [6.45, 7) is 1.60. The third-order valence-corrected chi connectivity index (χ3v) is 4.12. The van der Waals surface area contributed by atoms with E-state index < -0.39 is 29.6 Å². The number of para-hydroxylation sites is 1. The minimum atomic E-state index is -0.855. The van der Waals surface area contributed by atoms with Crippen molar-refractivity contribution < 1.29 is 18.4 Å². The Labute approximate surface area is 172 Å². The van der Waals surface area contributed by atoms with Crippen molar-refractivity contribution in [3.8, 4) is 0 Å². The Balaban J connectivity index is 1.58. The van der Waals surface area contributed by atoms with Crippen LogP contribution in [0.15, 0.2) is 72.8 Å². The van der Waals surface area contributed by atoms with Crippen LogP contribution in [-0.4, -0.2) is 18.0 Å². The van der Waals surface area contributed by atoms with Gasteiger partial charge in [-0.15, -0.1) is 0 Å². The van der Waals surface area contributed by atoms with Crippen molar-refractivity contribution in [2.24, 2.45) is 0 Å². The maximum Gasteiger partial charge on any atom is 0.323 e. The second-order valence-corrected chi connectivity index (χ2v) is 6.51. The number of carbonyl (C=O) groups is 2. The van der Waals surface area contributed by atoms with E-state index in [0.29, 0.717) is 23.1 Å². The van der Waals surface area contributed by atoms with Crippen molar-refractivity contribution in [3.63, 3.8) is 0 Å². The maximum absolute atomic E-state index is 13.7. The first-order valence-corrected chi connectivity index (χ1v) is 9.16. The van der Waals surface area contributed by atoms with E-state index in [0.717, 1.165) is 12.1 Å². The number of nitrogens with one attached hydrogen (secondary N) is 4. The van der Waals surface area contributed by atoms with E-state index >= 15 is 0 Å². The molecule has 0 spiro atoms. The van der Waals surface area contributed by atoms with Gasteiger partial charge in [-0.2, -0.15) is 0 Å². The third-order valence-electron chi connectivity index (χ3n) is 4.12. The van der Waals surface area contributed by atoms with Crippen LogP contribution in [0.5, 0.6) is 0 Å². The van der Waals surface area contributed by atoms with E-state index in [4.69, 9.17) is 0 Å². The van der Waals surface area contributed by atoms with E-state index in [1.807, 2.05) is 18.2 Å². The molecule has 0 aliphatic rings. The molecule has 0 heterocycles. The van der Waals surface area contributed by atoms with Crippen LogP contribution in [0.2, 0.25) is 0 Å². The molecule has 0 aliphatic heterocycles. The van der Waals surface area contributed by atoms with Crippen molar-refractivity contribution in [1.29, 1.82) is 0 Å². The number of benzene rings is 3. The number of halogens is 2. The molecular formula is C22H20F2N4O2. The zero-order chi connectivity index (χ0) is 21.5. The van der Waals surface area contributed by atoms with E-state index in [9.17, 15) is 18.4 Å². The summed E-state index contributed by atoms with van der Waals surface area (Å²) >= 11 is 0. The fourth-order valence-corrected chi connectivity index (χ4v) is 2.65. The molecular weight excluding hydrogens is 390 g/mol. The topological polar surface area (TPSA) is 82.3 Å². The van der Waals surface area contributed by atoms with Crippen LogP contribution in [0.25, 0.3) is 0 Å². The zero-order valence-corrected chi connectivity index (χ0v) is 16.1. The number of rotatable bonds is 6. The van der Waals surface area contributed by atoms with Crippen LogP contribution in [0, 0.1) is 11.6 Å². The van der Waals surface area contributed by atoms with E-state index in [-0.39, 0.29) is 5.69 Å². The molecule has 30 heavy (non-hydrogen) atoms. The Morgan fingerprint density at radius 3 is 2.17 bits per heavy atom. The molecule has 8 heteroatoms. The fraction of sp³-hybridized carbons (Fsp3) is 0.0909. The predicted octanol–water partition coefficient (Wildman–Crippen LogP) is 5.05. The monoisotopic (exact) mass is 410 g/mol. The number of urea groups is 1. The van der Waals surface area contributed by atoms with Crippen LogP contribution >= 0.6 is 0 Å². The molecule has 3 aromatic rings. The molecule has 3 amide bonds. The van der Waals surface area contributed by atoms with Gasteiger partial charge in [0.2, 0.25) is 5.91 Å². The second kappa shape index (κ2) is 9.51. The Kier molecular flexibility index (Phi) is 6.59. The van der Waals surface area contributed by atoms with Gasteiger partial charge < -0.3 is 21.3 Å². The van der Waals surface area contributed by atoms with Crippen LogP contribution < -0.4 is 21.3 Å². The lowest BCUT2D eigenvalue weighted by molar-refractivity contribution is -0.116. The van der Waals surface area contributed by atoms with Crippen molar-refractivity contribution in [3.05, 3.63) is 84.4 Å². The zero-order valence-electron chi connectivity index (χ0n) is 16.1. The Hall–Kier alpha value is -3.94. The highest BCUT2D eigenvalue weighted by Gasteiger charge is 2.15. The number of hydrogen-bond acceptors (Lipinski definition) is 3. The minimum Gasteiger partial charge on any atom is -0.374 e. The fourth-order valence-electron chi connectivity index (χ4n) is 2.65. The van der Waals surface area contributed by atoms with Crippen LogP contribution in [0.4, 0.5) is 36.3 Å². The highest BCUT2D eigenvalue weighted by Crippen LogP contribution is 2.18. The predicted molar refractivity (Wildman–Crippen MR) is 114 cm³/mol. The van der Waals surface area contributed by atoms with Gasteiger partial charge in [0, 0.05) is 23.1 Å². The Bertz CT molecular complexity index is 1040. The van der Waals surface area contributed by atoms with Gasteiger partial charge in [0.1, 0.15) is 17.7 Å². The number of amides is 3. The molecule has 0 aromatic heterocycles. The second-order valence-electron chi connectivity index (χ2n) is 6.51. The van der Waals surface area contributed by atoms with Crippen molar-refractivity contribution in [2.45, 2.75) is 13.0 Å². The molecule has 0 bridgehead atoms. The van der Waals surface area contributed by atoms with Crippen LogP contribution in [0.1, 0.15) is 6.92 Å². The minimum absolute atomic E-state index is 0.108. The van der Waals surface area contributed by atoms with Crippen molar-refractivity contribution >= 4 is 34.7 Å². The number of anilines is 4. The van der Waals surface area contributed by atoms with Gasteiger partial charge in [-0.3, -0.25) is 4.79 Å². The molecule has 0 radical (unpaired) electrons. The Morgan fingerprint density at radius 2 is 1.43 bits per heavy atom. The lowest BCUT2D eigenvalue weighted by Gasteiger charge is -2.16. The summed E-state index contributed by atoms with van der Waals surface area (Å²) in [5, 5.41) is 10.8. The quantitative estimate of drug-likeness (QED) is 0.459. The van der Waals surface area contributed by atoms with Crippen molar-refractivity contribution in [1.82, 2.24) is 0 Å². The summed E-state index contributed by atoms with van der Waals surface area (Å²) in [7, 11) is 0. The molecule has 0 fully saturated rings. The normalized spacial score (nSPS) is 11.3. The standard InChI is InChI=1S/C22H20F2N4O2/c1-14(21(29)28-20-11-10-15(23)12-19(20)24)25-17-8-5-9-18(13-17)27-22(30)26-16-6-3-2-4-7-16/h2-14,25H,1H3,(H,28,29)(H2,26,27,30). The van der Waals surface area contributed by atoms with Gasteiger partial charge in [0.05, 0.1) is 5.69 Å². The summed E-state index contributed by atoms with van der Waals surface area (Å²) in [6, 6.07) is 17.6. The van der Waals surface area contributed by atoms with E-state index in [1.165, 1.54) is 0 Å². The van der Waals surface area contributed by atoms with Crippen LogP contribution in [0.3, 0.4) is 0 Å². The Morgan fingerprint density at radius 1 is 0.767 bits per heavy atom. The lowest BCUT2D eigenvalue weighted by Crippen LogP contribution is -2.32. The highest BCUT2D eigenvalue weighted by molar-refractivity contribution is 6.00. The van der Waals surface area contributed by atoms with E-state index in [2.05, 4.69) is 21.3 Å². The molecule has 0 saturated heterocycles. The molecule has 3 aromatic carbocycles. The van der Waals surface area contributed by atoms with Gasteiger partial charge >= 0.3 is 6.03 Å². The SMILES string of the molecule is CC(Nc1cccc(NC(=O)Nc2ccccc2)c1)C(=O)Nc1ccc(F)cc1F. The average molecular weight is 410 g/mol. The van der Waals surface area contributed by atoms with Crippen molar-refractivity contribution in [2.75, 3.05) is 21.3 Å². The maximum atomic E-state index is 13.7. The molecule has 1 unspecified atom stereocenters. The lowest BCUT2D eigenvalue weighted by atomic mass is 10.2. The first kappa shape index (κ1) is 20.8. The number of hydrogen-bond donors (Lipinski definition) is 4. The smallest absolute Gasteiger partial charge is 0.323 e.